The van der Waals surface area contributed by atoms with Crippen LogP contribution in [0, 0.1) is 0 Å². The Morgan fingerprint density at radius 2 is 2.21 bits per heavy atom. The SMILES string of the molecule is CC1NC(c2cccs2)N(CC(F)(F)C(F)F)C1=O. The van der Waals surface area contributed by atoms with Crippen LogP contribution in [0.25, 0.3) is 0 Å². The maximum atomic E-state index is 13.1. The van der Waals surface area contributed by atoms with Crippen LogP contribution in [0.4, 0.5) is 17.6 Å². The monoisotopic (exact) mass is 296 g/mol. The van der Waals surface area contributed by atoms with Gasteiger partial charge in [-0.3, -0.25) is 10.1 Å². The molecule has 0 radical (unpaired) electrons. The summed E-state index contributed by atoms with van der Waals surface area (Å²) in [5.41, 5.74) is 0. The Labute approximate surface area is 111 Å². The number of alkyl halides is 4. The van der Waals surface area contributed by atoms with E-state index in [-0.39, 0.29) is 0 Å². The summed E-state index contributed by atoms with van der Waals surface area (Å²) in [6.07, 6.45) is -4.56. The molecule has 2 unspecified atom stereocenters. The molecular weight excluding hydrogens is 284 g/mol. The van der Waals surface area contributed by atoms with Gasteiger partial charge in [-0.25, -0.2) is 8.78 Å². The van der Waals surface area contributed by atoms with Gasteiger partial charge in [-0.1, -0.05) is 6.07 Å². The van der Waals surface area contributed by atoms with Crippen LogP contribution in [0.2, 0.25) is 0 Å². The smallest absolute Gasteiger partial charge is 0.314 e. The van der Waals surface area contributed by atoms with E-state index in [9.17, 15) is 22.4 Å². The molecule has 0 aromatic carbocycles. The normalized spacial score (nSPS) is 24.5. The molecule has 0 saturated carbocycles. The third-order valence-corrected chi connectivity index (χ3v) is 3.81. The van der Waals surface area contributed by atoms with E-state index in [0.29, 0.717) is 4.88 Å². The first-order chi connectivity index (χ1) is 8.83. The topological polar surface area (TPSA) is 32.3 Å². The second-order valence-electron chi connectivity index (χ2n) is 4.33. The van der Waals surface area contributed by atoms with Crippen molar-refractivity contribution in [2.24, 2.45) is 0 Å². The highest BCUT2D eigenvalue weighted by Crippen LogP contribution is 2.33. The van der Waals surface area contributed by atoms with E-state index >= 15 is 0 Å². The number of amides is 1. The van der Waals surface area contributed by atoms with Crippen molar-refractivity contribution in [1.29, 1.82) is 0 Å². The minimum Gasteiger partial charge on any atom is -0.314 e. The van der Waals surface area contributed by atoms with Gasteiger partial charge in [0.05, 0.1) is 12.6 Å². The largest absolute Gasteiger partial charge is 0.324 e. The van der Waals surface area contributed by atoms with Crippen LogP contribution in [0.1, 0.15) is 18.0 Å². The molecule has 0 spiro atoms. The molecule has 1 N–H and O–H groups in total. The highest BCUT2D eigenvalue weighted by Gasteiger charge is 2.48. The number of carbonyl (C=O) groups is 1. The Balaban J connectivity index is 2.22. The average Bonchev–Trinajstić information content (AvgIpc) is 2.92. The lowest BCUT2D eigenvalue weighted by Gasteiger charge is -2.27. The molecular formula is C11H12F4N2OS. The Morgan fingerprint density at radius 1 is 1.53 bits per heavy atom. The van der Waals surface area contributed by atoms with Crippen molar-refractivity contribution in [2.75, 3.05) is 6.54 Å². The maximum Gasteiger partial charge on any atom is 0.324 e. The van der Waals surface area contributed by atoms with Crippen LogP contribution in [0.3, 0.4) is 0 Å². The molecule has 2 atom stereocenters. The number of halogens is 4. The summed E-state index contributed by atoms with van der Waals surface area (Å²) >= 11 is 1.27. The first-order valence-corrected chi connectivity index (χ1v) is 6.47. The third kappa shape index (κ3) is 2.74. The van der Waals surface area contributed by atoms with Gasteiger partial charge in [-0.15, -0.1) is 11.3 Å². The highest BCUT2D eigenvalue weighted by atomic mass is 32.1. The molecule has 1 amide bonds. The first kappa shape index (κ1) is 14.3. The van der Waals surface area contributed by atoms with Gasteiger partial charge in [0.15, 0.2) is 0 Å². The molecule has 19 heavy (non-hydrogen) atoms. The summed E-state index contributed by atoms with van der Waals surface area (Å²) in [6.45, 7) is 0.229. The van der Waals surface area contributed by atoms with E-state index in [1.165, 1.54) is 18.3 Å². The van der Waals surface area contributed by atoms with E-state index in [0.717, 1.165) is 4.90 Å². The van der Waals surface area contributed by atoms with E-state index in [1.807, 2.05) is 0 Å². The van der Waals surface area contributed by atoms with Crippen LogP contribution in [0.15, 0.2) is 17.5 Å². The van der Waals surface area contributed by atoms with Gasteiger partial charge in [-0.2, -0.15) is 8.78 Å². The summed E-state index contributed by atoms with van der Waals surface area (Å²) in [5.74, 6) is -4.81. The Morgan fingerprint density at radius 3 is 2.74 bits per heavy atom. The van der Waals surface area contributed by atoms with E-state index in [4.69, 9.17) is 0 Å². The number of hydrogen-bond acceptors (Lipinski definition) is 3. The molecule has 3 nitrogen and oxygen atoms in total. The third-order valence-electron chi connectivity index (χ3n) is 2.89. The van der Waals surface area contributed by atoms with Gasteiger partial charge < -0.3 is 4.90 Å². The van der Waals surface area contributed by atoms with Gasteiger partial charge >= 0.3 is 12.3 Å². The Hall–Kier alpha value is -1.15. The van der Waals surface area contributed by atoms with Gasteiger partial charge in [0.1, 0.15) is 6.17 Å². The summed E-state index contributed by atoms with van der Waals surface area (Å²) < 4.78 is 50.8. The minimum atomic E-state index is -4.21. The zero-order valence-electron chi connectivity index (χ0n) is 9.95. The molecule has 2 rings (SSSR count). The zero-order chi connectivity index (χ0) is 14.2. The summed E-state index contributed by atoms with van der Waals surface area (Å²) in [6, 6.07) is 2.71. The lowest BCUT2D eigenvalue weighted by atomic mass is 10.2. The molecule has 106 valence electrons. The lowest BCUT2D eigenvalue weighted by molar-refractivity contribution is -0.156. The molecule has 1 aliphatic rings. The van der Waals surface area contributed by atoms with Crippen molar-refractivity contribution in [1.82, 2.24) is 10.2 Å². The van der Waals surface area contributed by atoms with E-state index in [1.54, 1.807) is 17.5 Å². The molecule has 1 aromatic rings. The molecule has 1 fully saturated rings. The number of nitrogens with zero attached hydrogens (tertiary/aromatic N) is 1. The predicted octanol–water partition coefficient (Wildman–Crippen LogP) is 2.47. The van der Waals surface area contributed by atoms with Gasteiger partial charge in [0, 0.05) is 4.88 Å². The number of hydrogen-bond donors (Lipinski definition) is 1. The van der Waals surface area contributed by atoms with Crippen molar-refractivity contribution in [3.63, 3.8) is 0 Å². The highest BCUT2D eigenvalue weighted by molar-refractivity contribution is 7.10. The summed E-state index contributed by atoms with van der Waals surface area (Å²) in [4.78, 5) is 13.2. The number of rotatable bonds is 4. The lowest BCUT2D eigenvalue weighted by Crippen LogP contribution is -2.44. The molecule has 0 bridgehead atoms. The van der Waals surface area contributed by atoms with Crippen molar-refractivity contribution in [3.8, 4) is 0 Å². The fourth-order valence-electron chi connectivity index (χ4n) is 1.92. The summed E-state index contributed by atoms with van der Waals surface area (Å²) in [5, 5.41) is 4.56. The zero-order valence-corrected chi connectivity index (χ0v) is 10.8. The van der Waals surface area contributed by atoms with Crippen molar-refractivity contribution >= 4 is 17.2 Å². The van der Waals surface area contributed by atoms with Crippen molar-refractivity contribution in [2.45, 2.75) is 31.5 Å². The Kier molecular flexibility index (Phi) is 3.82. The number of carbonyl (C=O) groups excluding carboxylic acids is 1. The summed E-state index contributed by atoms with van der Waals surface area (Å²) in [7, 11) is 0. The Bertz CT molecular complexity index is 452. The second kappa shape index (κ2) is 5.09. The first-order valence-electron chi connectivity index (χ1n) is 5.59. The molecule has 1 aliphatic heterocycles. The predicted molar refractivity (Wildman–Crippen MR) is 62.3 cm³/mol. The molecule has 8 heteroatoms. The molecule has 2 heterocycles. The van der Waals surface area contributed by atoms with Crippen LogP contribution >= 0.6 is 11.3 Å². The molecule has 1 saturated heterocycles. The van der Waals surface area contributed by atoms with Gasteiger partial charge in [0.2, 0.25) is 5.91 Å². The fraction of sp³-hybridized carbons (Fsp3) is 0.545. The van der Waals surface area contributed by atoms with E-state index < -0.39 is 37.0 Å². The second-order valence-corrected chi connectivity index (χ2v) is 5.31. The molecule has 1 aromatic heterocycles. The van der Waals surface area contributed by atoms with E-state index in [2.05, 4.69) is 5.32 Å². The number of nitrogens with one attached hydrogen (secondary N) is 1. The minimum absolute atomic E-state index is 0.598. The van der Waals surface area contributed by atoms with Crippen LogP contribution in [-0.4, -0.2) is 35.7 Å². The van der Waals surface area contributed by atoms with Crippen molar-refractivity contribution in [3.05, 3.63) is 22.4 Å². The average molecular weight is 296 g/mol. The standard InChI is InChI=1S/C11H12F4N2OS/c1-6-9(18)17(5-11(14,15)10(12)13)8(16-6)7-3-2-4-19-7/h2-4,6,8,10,16H,5H2,1H3. The molecule has 0 aliphatic carbocycles. The maximum absolute atomic E-state index is 13.1. The van der Waals surface area contributed by atoms with Crippen molar-refractivity contribution < 1.29 is 22.4 Å². The van der Waals surface area contributed by atoms with Gasteiger partial charge in [-0.05, 0) is 18.4 Å². The number of thiophene rings is 1. The fourth-order valence-corrected chi connectivity index (χ4v) is 2.72. The van der Waals surface area contributed by atoms with Crippen LogP contribution in [-0.2, 0) is 4.79 Å². The van der Waals surface area contributed by atoms with Crippen LogP contribution < -0.4 is 5.32 Å². The van der Waals surface area contributed by atoms with Gasteiger partial charge in [0.25, 0.3) is 0 Å². The quantitative estimate of drug-likeness (QED) is 0.866. The van der Waals surface area contributed by atoms with Crippen LogP contribution in [0.5, 0.6) is 0 Å².